The van der Waals surface area contributed by atoms with Crippen LogP contribution in [0.4, 0.5) is 5.69 Å². The van der Waals surface area contributed by atoms with Crippen LogP contribution in [0.5, 0.6) is 0 Å². The first kappa shape index (κ1) is 14.2. The molecule has 0 aliphatic heterocycles. The summed E-state index contributed by atoms with van der Waals surface area (Å²) in [5, 5.41) is 0. The van der Waals surface area contributed by atoms with Crippen molar-refractivity contribution in [3.63, 3.8) is 0 Å². The summed E-state index contributed by atoms with van der Waals surface area (Å²) in [6.07, 6.45) is 0. The number of hydrogen-bond donors (Lipinski definition) is 3. The van der Waals surface area contributed by atoms with Crippen LogP contribution in [0.2, 0.25) is 0 Å². The number of amides is 1. The van der Waals surface area contributed by atoms with Gasteiger partial charge in [0.2, 0.25) is 0 Å². The van der Waals surface area contributed by atoms with Crippen LogP contribution in [0.25, 0.3) is 0 Å². The molecule has 4 nitrogen and oxygen atoms in total. The smallest absolute Gasteiger partial charge is 0.254 e. The zero-order valence-electron chi connectivity index (χ0n) is 8.16. The fourth-order valence-electron chi connectivity index (χ4n) is 0.781. The number of carbonyl (C=O) groups excluding carboxylic acids is 1. The minimum atomic E-state index is -0.516. The summed E-state index contributed by atoms with van der Waals surface area (Å²) < 4.78 is 0.988. The van der Waals surface area contributed by atoms with Crippen molar-refractivity contribution in [2.75, 3.05) is 5.43 Å². The lowest BCUT2D eigenvalue weighted by atomic mass is 10.3. The third-order valence-corrected chi connectivity index (χ3v) is 2.12. The second kappa shape index (κ2) is 6.66. The van der Waals surface area contributed by atoms with Gasteiger partial charge in [0.05, 0.1) is 11.7 Å². The summed E-state index contributed by atoms with van der Waals surface area (Å²) in [7, 11) is 0. The molecule has 1 atom stereocenters. The number of rotatable bonds is 3. The Bertz CT molecular complexity index is 316. The van der Waals surface area contributed by atoms with Crippen LogP contribution in [0, 0.1) is 0 Å². The summed E-state index contributed by atoms with van der Waals surface area (Å²) >= 11 is 3.31. The molecule has 0 saturated carbocycles. The Morgan fingerprint density at radius 3 is 2.40 bits per heavy atom. The zero-order valence-corrected chi connectivity index (χ0v) is 10.6. The van der Waals surface area contributed by atoms with Gasteiger partial charge < -0.3 is 5.73 Å². The van der Waals surface area contributed by atoms with Gasteiger partial charge in [-0.25, -0.2) is 0 Å². The fourth-order valence-corrected chi connectivity index (χ4v) is 1.05. The molecule has 0 fully saturated rings. The molecule has 4 N–H and O–H groups in total. The van der Waals surface area contributed by atoms with E-state index in [0.29, 0.717) is 0 Å². The summed E-state index contributed by atoms with van der Waals surface area (Å²) in [5.41, 5.74) is 11.4. The predicted molar refractivity (Wildman–Crippen MR) is 66.8 cm³/mol. The molecule has 0 unspecified atom stereocenters. The second-order valence-electron chi connectivity index (χ2n) is 2.91. The lowest BCUT2D eigenvalue weighted by Crippen LogP contribution is -2.41. The predicted octanol–water partition coefficient (Wildman–Crippen LogP) is 1.66. The lowest BCUT2D eigenvalue weighted by Gasteiger charge is -2.10. The van der Waals surface area contributed by atoms with Crippen LogP contribution in [0.1, 0.15) is 6.92 Å². The van der Waals surface area contributed by atoms with Gasteiger partial charge >= 0.3 is 0 Å². The maximum absolute atomic E-state index is 11.1. The van der Waals surface area contributed by atoms with Gasteiger partial charge in [-0.1, -0.05) is 15.9 Å². The van der Waals surface area contributed by atoms with Crippen LogP contribution in [-0.4, -0.2) is 11.9 Å². The molecule has 0 saturated heterocycles. The van der Waals surface area contributed by atoms with E-state index < -0.39 is 6.04 Å². The molecule has 1 aromatic rings. The van der Waals surface area contributed by atoms with Crippen molar-refractivity contribution >= 4 is 39.9 Å². The van der Waals surface area contributed by atoms with E-state index in [0.717, 1.165) is 10.2 Å². The van der Waals surface area contributed by atoms with Crippen molar-refractivity contribution in [1.82, 2.24) is 5.43 Å². The molecule has 1 amide bonds. The largest absolute Gasteiger partial charge is 0.320 e. The van der Waals surface area contributed by atoms with E-state index in [4.69, 9.17) is 5.73 Å². The van der Waals surface area contributed by atoms with Crippen LogP contribution < -0.4 is 16.6 Å². The number of benzene rings is 1. The summed E-state index contributed by atoms with van der Waals surface area (Å²) in [6.45, 7) is 1.62. The topological polar surface area (TPSA) is 67.2 Å². The maximum atomic E-state index is 11.1. The third kappa shape index (κ3) is 5.01. The molecule has 0 heterocycles. The van der Waals surface area contributed by atoms with E-state index in [1.54, 1.807) is 6.92 Å². The summed E-state index contributed by atoms with van der Waals surface area (Å²) in [5.74, 6) is -0.243. The highest BCUT2D eigenvalue weighted by Crippen LogP contribution is 2.12. The molecular weight excluding hydrogens is 281 g/mol. The Balaban J connectivity index is 0.00000196. The highest BCUT2D eigenvalue weighted by atomic mass is 79.9. The molecule has 0 aliphatic carbocycles. The van der Waals surface area contributed by atoms with Gasteiger partial charge in [0.1, 0.15) is 0 Å². The lowest BCUT2D eigenvalue weighted by molar-refractivity contribution is -0.121. The zero-order chi connectivity index (χ0) is 10.6. The SMILES string of the molecule is C[C@@H](N)C(=O)NNc1ccc(Br)cc1.Cl. The molecular formula is C9H13BrClN3O. The van der Waals surface area contributed by atoms with E-state index in [2.05, 4.69) is 26.8 Å². The van der Waals surface area contributed by atoms with Crippen molar-refractivity contribution in [2.45, 2.75) is 13.0 Å². The first-order chi connectivity index (χ1) is 6.59. The minimum Gasteiger partial charge on any atom is -0.320 e. The van der Waals surface area contributed by atoms with Crippen molar-refractivity contribution < 1.29 is 4.79 Å². The van der Waals surface area contributed by atoms with E-state index in [1.165, 1.54) is 0 Å². The van der Waals surface area contributed by atoms with Gasteiger partial charge in [0.25, 0.3) is 5.91 Å². The van der Waals surface area contributed by atoms with Crippen LogP contribution in [0.3, 0.4) is 0 Å². The highest BCUT2D eigenvalue weighted by Gasteiger charge is 2.05. The average molecular weight is 295 g/mol. The number of hydrazine groups is 1. The Morgan fingerprint density at radius 2 is 1.93 bits per heavy atom. The fraction of sp³-hybridized carbons (Fsp3) is 0.222. The van der Waals surface area contributed by atoms with Crippen molar-refractivity contribution in [3.8, 4) is 0 Å². The molecule has 0 aliphatic rings. The summed E-state index contributed by atoms with van der Waals surface area (Å²) in [4.78, 5) is 11.1. The molecule has 1 aromatic carbocycles. The number of hydrogen-bond acceptors (Lipinski definition) is 3. The van der Waals surface area contributed by atoms with Crippen molar-refractivity contribution in [1.29, 1.82) is 0 Å². The number of halogens is 2. The van der Waals surface area contributed by atoms with Gasteiger partial charge in [-0.05, 0) is 31.2 Å². The van der Waals surface area contributed by atoms with E-state index in [9.17, 15) is 4.79 Å². The van der Waals surface area contributed by atoms with Crippen molar-refractivity contribution in [2.24, 2.45) is 5.73 Å². The van der Waals surface area contributed by atoms with Crippen molar-refractivity contribution in [3.05, 3.63) is 28.7 Å². The van der Waals surface area contributed by atoms with Gasteiger partial charge in [-0.15, -0.1) is 12.4 Å². The van der Waals surface area contributed by atoms with E-state index in [1.807, 2.05) is 24.3 Å². The number of carbonyl (C=O) groups is 1. The van der Waals surface area contributed by atoms with Crippen LogP contribution in [0.15, 0.2) is 28.7 Å². The van der Waals surface area contributed by atoms with Crippen LogP contribution >= 0.6 is 28.3 Å². The van der Waals surface area contributed by atoms with E-state index >= 15 is 0 Å². The van der Waals surface area contributed by atoms with Gasteiger partial charge in [0, 0.05) is 4.47 Å². The number of anilines is 1. The van der Waals surface area contributed by atoms with Crippen LogP contribution in [-0.2, 0) is 4.79 Å². The molecule has 15 heavy (non-hydrogen) atoms. The molecule has 84 valence electrons. The maximum Gasteiger partial charge on any atom is 0.254 e. The number of nitrogens with one attached hydrogen (secondary N) is 2. The monoisotopic (exact) mass is 293 g/mol. The Labute approximate surface area is 103 Å². The Kier molecular flexibility index (Phi) is 6.31. The third-order valence-electron chi connectivity index (χ3n) is 1.59. The first-order valence-electron chi connectivity index (χ1n) is 4.16. The molecule has 1 rings (SSSR count). The molecule has 0 radical (unpaired) electrons. The quantitative estimate of drug-likeness (QED) is 0.743. The number of nitrogens with two attached hydrogens (primary N) is 1. The molecule has 0 aromatic heterocycles. The van der Waals surface area contributed by atoms with Gasteiger partial charge in [-0.2, -0.15) is 0 Å². The highest BCUT2D eigenvalue weighted by molar-refractivity contribution is 9.10. The molecule has 6 heteroatoms. The Morgan fingerprint density at radius 1 is 1.40 bits per heavy atom. The first-order valence-corrected chi connectivity index (χ1v) is 4.96. The minimum absolute atomic E-state index is 0. The second-order valence-corrected chi connectivity index (χ2v) is 3.83. The van der Waals surface area contributed by atoms with Gasteiger partial charge in [-0.3, -0.25) is 15.6 Å². The normalized spacial score (nSPS) is 11.1. The molecule has 0 bridgehead atoms. The van der Waals surface area contributed by atoms with Gasteiger partial charge in [0.15, 0.2) is 0 Å². The average Bonchev–Trinajstić information content (AvgIpc) is 2.16. The standard InChI is InChI=1S/C9H12BrN3O.ClH/c1-6(11)9(14)13-12-8-4-2-7(10)3-5-8;/h2-6,12H,11H2,1H3,(H,13,14);1H/t6-;/m1./s1. The Hall–Kier alpha value is -0.780. The summed E-state index contributed by atoms with van der Waals surface area (Å²) in [6, 6.07) is 6.91. The van der Waals surface area contributed by atoms with E-state index in [-0.39, 0.29) is 18.3 Å². The molecule has 0 spiro atoms.